The second kappa shape index (κ2) is 8.18. The highest BCUT2D eigenvalue weighted by molar-refractivity contribution is 5.74. The smallest absolute Gasteiger partial charge is 0.315 e. The maximum Gasteiger partial charge on any atom is 0.315 e. The van der Waals surface area contributed by atoms with Crippen LogP contribution in [0.2, 0.25) is 0 Å². The van der Waals surface area contributed by atoms with E-state index in [4.69, 9.17) is 4.52 Å². The minimum Gasteiger partial charge on any atom is -0.361 e. The van der Waals surface area contributed by atoms with E-state index in [-0.39, 0.29) is 12.1 Å². The lowest BCUT2D eigenvalue weighted by molar-refractivity contribution is 0.236. The monoisotopic (exact) mass is 347 g/mol. The summed E-state index contributed by atoms with van der Waals surface area (Å²) in [5, 5.41) is 14.5. The molecule has 0 aliphatic rings. The molecule has 2 heterocycles. The molecule has 2 N–H and O–H groups in total. The van der Waals surface area contributed by atoms with Crippen LogP contribution in [-0.2, 0) is 26.4 Å². The fourth-order valence-corrected chi connectivity index (χ4v) is 3.19. The van der Waals surface area contributed by atoms with Crippen molar-refractivity contribution in [2.75, 3.05) is 0 Å². The van der Waals surface area contributed by atoms with Crippen molar-refractivity contribution in [3.63, 3.8) is 0 Å². The average Bonchev–Trinajstić information content (AvgIpc) is 3.11. The highest BCUT2D eigenvalue weighted by atomic mass is 16.5. The molecule has 0 fully saturated rings. The molecule has 0 aromatic carbocycles. The number of carbonyl (C=O) groups is 1. The molecule has 0 saturated carbocycles. The first-order chi connectivity index (χ1) is 11.9. The lowest BCUT2D eigenvalue weighted by atomic mass is 10.0. The third-order valence-corrected chi connectivity index (χ3v) is 4.66. The van der Waals surface area contributed by atoms with Crippen LogP contribution in [0.1, 0.15) is 67.2 Å². The van der Waals surface area contributed by atoms with Gasteiger partial charge in [0.1, 0.15) is 5.76 Å². The number of urea groups is 1. The average molecular weight is 347 g/mol. The normalized spacial score (nSPS) is 12.2. The third-order valence-electron chi connectivity index (χ3n) is 4.66. The Bertz CT molecular complexity index is 711. The van der Waals surface area contributed by atoms with Gasteiger partial charge in [0.15, 0.2) is 0 Å². The molecule has 1 atom stereocenters. The molecule has 0 bridgehead atoms. The van der Waals surface area contributed by atoms with Crippen molar-refractivity contribution in [1.82, 2.24) is 25.6 Å². The van der Waals surface area contributed by atoms with Crippen LogP contribution in [0.25, 0.3) is 0 Å². The zero-order valence-corrected chi connectivity index (χ0v) is 16.1. The molecule has 0 saturated heterocycles. The second-order valence-corrected chi connectivity index (χ2v) is 6.23. The van der Waals surface area contributed by atoms with Crippen molar-refractivity contribution in [2.45, 2.75) is 66.5 Å². The highest BCUT2D eigenvalue weighted by Gasteiger charge is 2.21. The topological polar surface area (TPSA) is 85.0 Å². The summed E-state index contributed by atoms with van der Waals surface area (Å²) < 4.78 is 7.19. The van der Waals surface area contributed by atoms with Crippen molar-refractivity contribution in [1.29, 1.82) is 0 Å². The predicted molar refractivity (Wildman–Crippen MR) is 96.3 cm³/mol. The standard InChI is InChI=1S/C18H29N5O2/c1-7-14-13(16(9-3)25-22-14)10-19-18(24)20-15(8-2)17-11(4)21-23(6)12(17)5/h15H,7-10H2,1-6H3,(H2,19,20,24)/t15-/m0/s1. The molecular weight excluding hydrogens is 318 g/mol. The Morgan fingerprint density at radius 2 is 1.96 bits per heavy atom. The molecule has 0 aliphatic carbocycles. The number of hydrogen-bond donors (Lipinski definition) is 2. The number of nitrogens with one attached hydrogen (secondary N) is 2. The minimum absolute atomic E-state index is 0.0625. The van der Waals surface area contributed by atoms with Crippen LogP contribution in [0.5, 0.6) is 0 Å². The molecule has 2 aromatic rings. The van der Waals surface area contributed by atoms with Crippen molar-refractivity contribution in [3.05, 3.63) is 34.0 Å². The Balaban J connectivity index is 2.05. The first-order valence-electron chi connectivity index (χ1n) is 8.93. The Labute approximate surface area is 149 Å². The number of hydrogen-bond acceptors (Lipinski definition) is 4. The summed E-state index contributed by atoms with van der Waals surface area (Å²) >= 11 is 0. The van der Waals surface area contributed by atoms with E-state index < -0.39 is 0 Å². The van der Waals surface area contributed by atoms with Crippen molar-refractivity contribution in [2.24, 2.45) is 7.05 Å². The van der Waals surface area contributed by atoms with Crippen LogP contribution >= 0.6 is 0 Å². The van der Waals surface area contributed by atoms with Gasteiger partial charge in [0.2, 0.25) is 0 Å². The number of carbonyl (C=O) groups excluding carboxylic acids is 1. The van der Waals surface area contributed by atoms with E-state index in [9.17, 15) is 4.79 Å². The molecule has 25 heavy (non-hydrogen) atoms. The van der Waals surface area contributed by atoms with Gasteiger partial charge in [0.05, 0.1) is 17.4 Å². The Morgan fingerprint density at radius 3 is 2.48 bits per heavy atom. The number of aromatic nitrogens is 3. The van der Waals surface area contributed by atoms with Gasteiger partial charge in [-0.2, -0.15) is 5.10 Å². The molecule has 0 spiro atoms. The van der Waals surface area contributed by atoms with Crippen LogP contribution in [-0.4, -0.2) is 21.0 Å². The first kappa shape index (κ1) is 19.0. The van der Waals surface area contributed by atoms with E-state index in [1.807, 2.05) is 39.4 Å². The van der Waals surface area contributed by atoms with E-state index in [1.165, 1.54) is 0 Å². The summed E-state index contributed by atoms with van der Waals surface area (Å²) in [4.78, 5) is 12.4. The van der Waals surface area contributed by atoms with E-state index in [0.29, 0.717) is 6.54 Å². The van der Waals surface area contributed by atoms with E-state index in [1.54, 1.807) is 0 Å². The Morgan fingerprint density at radius 1 is 1.24 bits per heavy atom. The molecule has 7 heteroatoms. The summed E-state index contributed by atoms with van der Waals surface area (Å²) in [6, 6.07) is -0.257. The number of aryl methyl sites for hydroxylation is 4. The predicted octanol–water partition coefficient (Wildman–Crippen LogP) is 3.10. The molecule has 0 radical (unpaired) electrons. The van der Waals surface area contributed by atoms with Gasteiger partial charge in [0.25, 0.3) is 0 Å². The Hall–Kier alpha value is -2.31. The van der Waals surface area contributed by atoms with Gasteiger partial charge in [-0.1, -0.05) is 25.9 Å². The SMILES string of the molecule is CCc1noc(CC)c1CNC(=O)N[C@@H](CC)c1c(C)nn(C)c1C. The van der Waals surface area contributed by atoms with Crippen LogP contribution in [0.15, 0.2) is 4.52 Å². The lowest BCUT2D eigenvalue weighted by Gasteiger charge is -2.18. The fraction of sp³-hybridized carbons (Fsp3) is 0.611. The van der Waals surface area contributed by atoms with E-state index in [2.05, 4.69) is 27.8 Å². The van der Waals surface area contributed by atoms with Gasteiger partial charge in [-0.05, 0) is 26.7 Å². The molecule has 7 nitrogen and oxygen atoms in total. The second-order valence-electron chi connectivity index (χ2n) is 6.23. The van der Waals surface area contributed by atoms with Crippen LogP contribution in [0.4, 0.5) is 4.79 Å². The third kappa shape index (κ3) is 4.03. The summed E-state index contributed by atoms with van der Waals surface area (Å²) in [5.74, 6) is 0.836. The quantitative estimate of drug-likeness (QED) is 0.806. The number of amides is 2. The van der Waals surface area contributed by atoms with Crippen LogP contribution in [0.3, 0.4) is 0 Å². The van der Waals surface area contributed by atoms with Crippen molar-refractivity contribution < 1.29 is 9.32 Å². The summed E-state index contributed by atoms with van der Waals surface area (Å²) in [5.41, 5.74) is 5.01. The minimum atomic E-state index is -0.195. The van der Waals surface area contributed by atoms with Gasteiger partial charge < -0.3 is 15.2 Å². The maximum atomic E-state index is 12.4. The summed E-state index contributed by atoms with van der Waals surface area (Å²) in [7, 11) is 1.92. The molecule has 0 aliphatic heterocycles. The zero-order chi connectivity index (χ0) is 18.6. The molecule has 0 unspecified atom stereocenters. The maximum absolute atomic E-state index is 12.4. The molecule has 138 valence electrons. The van der Waals surface area contributed by atoms with Crippen molar-refractivity contribution >= 4 is 6.03 Å². The van der Waals surface area contributed by atoms with Crippen molar-refractivity contribution in [3.8, 4) is 0 Å². The molecule has 2 rings (SSSR count). The Kier molecular flexibility index (Phi) is 6.22. The van der Waals surface area contributed by atoms with Gasteiger partial charge in [0, 0.05) is 36.8 Å². The zero-order valence-electron chi connectivity index (χ0n) is 16.1. The largest absolute Gasteiger partial charge is 0.361 e. The first-order valence-corrected chi connectivity index (χ1v) is 8.93. The molecule has 2 aromatic heterocycles. The number of nitrogens with zero attached hydrogens (tertiary/aromatic N) is 3. The highest BCUT2D eigenvalue weighted by Crippen LogP contribution is 2.23. The van der Waals surface area contributed by atoms with Gasteiger partial charge in [-0.15, -0.1) is 0 Å². The number of rotatable bonds is 7. The van der Waals surface area contributed by atoms with E-state index in [0.717, 1.165) is 53.2 Å². The van der Waals surface area contributed by atoms with Gasteiger partial charge in [-0.25, -0.2) is 4.79 Å². The van der Waals surface area contributed by atoms with Gasteiger partial charge in [-0.3, -0.25) is 4.68 Å². The van der Waals surface area contributed by atoms with Crippen LogP contribution in [0, 0.1) is 13.8 Å². The van der Waals surface area contributed by atoms with E-state index >= 15 is 0 Å². The lowest BCUT2D eigenvalue weighted by Crippen LogP contribution is -2.38. The molecule has 2 amide bonds. The summed E-state index contributed by atoms with van der Waals surface area (Å²) in [6.07, 6.45) is 2.35. The van der Waals surface area contributed by atoms with Gasteiger partial charge >= 0.3 is 6.03 Å². The molecular formula is C18H29N5O2. The fourth-order valence-electron chi connectivity index (χ4n) is 3.19. The summed E-state index contributed by atoms with van der Waals surface area (Å²) in [6.45, 7) is 10.5. The van der Waals surface area contributed by atoms with Crippen LogP contribution < -0.4 is 10.6 Å².